The Labute approximate surface area is 142 Å². The molecular weight excluding hydrogens is 318 g/mol. The second-order valence-electron chi connectivity index (χ2n) is 5.84. The van der Waals surface area contributed by atoms with Gasteiger partial charge in [0.25, 0.3) is 0 Å². The van der Waals surface area contributed by atoms with Crippen LogP contribution < -0.4 is 5.63 Å². The molecule has 0 saturated heterocycles. The number of hydrogen-bond acceptors (Lipinski definition) is 5. The van der Waals surface area contributed by atoms with Crippen molar-refractivity contribution < 1.29 is 9.52 Å². The minimum absolute atomic E-state index is 0.0104. The van der Waals surface area contributed by atoms with Crippen LogP contribution in [-0.4, -0.2) is 20.9 Å². The molecule has 124 valence electrons. The molecule has 1 N–H and O–H groups in total. The normalized spacial score (nSPS) is 11.8. The Balaban J connectivity index is 1.90. The van der Waals surface area contributed by atoms with E-state index in [4.69, 9.17) is 4.42 Å². The SMILES string of the molecule is Cc1cc(=O)oc2c(C=Nc3nc4ccccc4n3C)c(O)ccc12. The highest BCUT2D eigenvalue weighted by atomic mass is 16.4. The van der Waals surface area contributed by atoms with Crippen LogP contribution >= 0.6 is 0 Å². The fourth-order valence-corrected chi connectivity index (χ4v) is 2.89. The average Bonchev–Trinajstić information content (AvgIpc) is 2.90. The number of aromatic hydroxyl groups is 1. The van der Waals surface area contributed by atoms with E-state index in [2.05, 4.69) is 9.98 Å². The topological polar surface area (TPSA) is 80.6 Å². The molecule has 6 nitrogen and oxygen atoms in total. The van der Waals surface area contributed by atoms with Gasteiger partial charge in [0.15, 0.2) is 5.58 Å². The third kappa shape index (κ3) is 2.48. The van der Waals surface area contributed by atoms with E-state index in [1.54, 1.807) is 12.1 Å². The number of hydrogen-bond donors (Lipinski definition) is 1. The molecule has 2 aromatic carbocycles. The van der Waals surface area contributed by atoms with Crippen LogP contribution in [0.2, 0.25) is 0 Å². The van der Waals surface area contributed by atoms with Gasteiger partial charge in [-0.2, -0.15) is 0 Å². The Kier molecular flexibility index (Phi) is 3.39. The first-order valence-corrected chi connectivity index (χ1v) is 7.76. The maximum Gasteiger partial charge on any atom is 0.336 e. The zero-order valence-corrected chi connectivity index (χ0v) is 13.7. The van der Waals surface area contributed by atoms with Crippen LogP contribution in [-0.2, 0) is 7.05 Å². The summed E-state index contributed by atoms with van der Waals surface area (Å²) < 4.78 is 7.15. The van der Waals surface area contributed by atoms with Gasteiger partial charge in [0, 0.05) is 24.7 Å². The van der Waals surface area contributed by atoms with E-state index in [0.717, 1.165) is 22.0 Å². The Hall–Kier alpha value is -3.41. The molecule has 0 bridgehead atoms. The van der Waals surface area contributed by atoms with Gasteiger partial charge in [-0.05, 0) is 36.8 Å². The van der Waals surface area contributed by atoms with Crippen LogP contribution in [0.3, 0.4) is 0 Å². The first-order chi connectivity index (χ1) is 12.0. The quantitative estimate of drug-likeness (QED) is 0.450. The summed E-state index contributed by atoms with van der Waals surface area (Å²) in [4.78, 5) is 20.6. The molecule has 2 heterocycles. The molecule has 0 radical (unpaired) electrons. The fraction of sp³-hybridized carbons (Fsp3) is 0.105. The number of nitrogens with zero attached hydrogens (tertiary/aromatic N) is 3. The summed E-state index contributed by atoms with van der Waals surface area (Å²) in [5.41, 5.74) is 2.77. The molecule has 0 fully saturated rings. The van der Waals surface area contributed by atoms with Gasteiger partial charge in [-0.3, -0.25) is 0 Å². The number of imidazole rings is 1. The number of aliphatic imine (C=N–C) groups is 1. The lowest BCUT2D eigenvalue weighted by atomic mass is 10.1. The maximum atomic E-state index is 11.7. The van der Waals surface area contributed by atoms with Crippen molar-refractivity contribution in [3.63, 3.8) is 0 Å². The molecule has 6 heteroatoms. The van der Waals surface area contributed by atoms with Crippen LogP contribution in [0, 0.1) is 6.92 Å². The minimum atomic E-state index is -0.465. The van der Waals surface area contributed by atoms with E-state index in [9.17, 15) is 9.90 Å². The van der Waals surface area contributed by atoms with Crippen LogP contribution in [0.15, 0.2) is 56.7 Å². The molecule has 0 unspecified atom stereocenters. The predicted octanol–water partition coefficient (Wildman–Crippen LogP) is 3.44. The summed E-state index contributed by atoms with van der Waals surface area (Å²) in [6.45, 7) is 1.82. The molecule has 25 heavy (non-hydrogen) atoms. The van der Waals surface area contributed by atoms with Crippen LogP contribution in [0.5, 0.6) is 5.75 Å². The third-order valence-electron chi connectivity index (χ3n) is 4.21. The number of benzene rings is 2. The van der Waals surface area contributed by atoms with E-state index < -0.39 is 5.63 Å². The van der Waals surface area contributed by atoms with E-state index in [1.807, 2.05) is 42.8 Å². The van der Waals surface area contributed by atoms with Gasteiger partial charge in [0.2, 0.25) is 5.95 Å². The highest BCUT2D eigenvalue weighted by Gasteiger charge is 2.11. The lowest BCUT2D eigenvalue weighted by molar-refractivity contribution is 0.472. The molecule has 0 aliphatic heterocycles. The highest BCUT2D eigenvalue weighted by Crippen LogP contribution is 2.27. The summed E-state index contributed by atoms with van der Waals surface area (Å²) in [7, 11) is 1.87. The Bertz CT molecular complexity index is 1200. The van der Waals surface area contributed by atoms with Gasteiger partial charge in [-0.15, -0.1) is 0 Å². The van der Waals surface area contributed by atoms with Crippen LogP contribution in [0.1, 0.15) is 11.1 Å². The summed E-state index contributed by atoms with van der Waals surface area (Å²) in [6, 6.07) is 12.4. The van der Waals surface area contributed by atoms with Crippen molar-refractivity contribution in [1.29, 1.82) is 0 Å². The molecule has 4 aromatic rings. The van der Waals surface area contributed by atoms with Crippen molar-refractivity contribution in [3.8, 4) is 5.75 Å². The molecule has 0 aliphatic carbocycles. The smallest absolute Gasteiger partial charge is 0.336 e. The van der Waals surface area contributed by atoms with Crippen molar-refractivity contribution in [2.24, 2.45) is 12.0 Å². The first kappa shape index (κ1) is 15.1. The maximum absolute atomic E-state index is 11.7. The number of fused-ring (bicyclic) bond motifs is 2. The standard InChI is InChI=1S/C19H15N3O3/c1-11-9-17(24)25-18-12(11)7-8-16(23)13(18)10-20-19-21-14-5-3-4-6-15(14)22(19)2/h3-10,23H,1-2H3. The average molecular weight is 333 g/mol. The Morgan fingerprint density at radius 2 is 2.04 bits per heavy atom. The molecule has 4 rings (SSSR count). The van der Waals surface area contributed by atoms with Gasteiger partial charge >= 0.3 is 5.63 Å². The van der Waals surface area contributed by atoms with E-state index in [1.165, 1.54) is 12.3 Å². The third-order valence-corrected chi connectivity index (χ3v) is 4.21. The van der Waals surface area contributed by atoms with Crippen molar-refractivity contribution in [2.75, 3.05) is 0 Å². The second kappa shape index (κ2) is 5.59. The largest absolute Gasteiger partial charge is 0.507 e. The lowest BCUT2D eigenvalue weighted by Gasteiger charge is -2.05. The summed E-state index contributed by atoms with van der Waals surface area (Å²) >= 11 is 0. The molecule has 2 aromatic heterocycles. The van der Waals surface area contributed by atoms with Gasteiger partial charge in [-0.25, -0.2) is 14.8 Å². The molecule has 0 spiro atoms. The van der Waals surface area contributed by atoms with Gasteiger partial charge in [0.1, 0.15) is 5.75 Å². The number of rotatable bonds is 2. The molecular formula is C19H15N3O3. The summed E-state index contributed by atoms with van der Waals surface area (Å²) in [6.07, 6.45) is 1.47. The van der Waals surface area contributed by atoms with E-state index >= 15 is 0 Å². The van der Waals surface area contributed by atoms with E-state index in [0.29, 0.717) is 17.1 Å². The predicted molar refractivity (Wildman–Crippen MR) is 96.9 cm³/mol. The number of aryl methyl sites for hydroxylation is 2. The van der Waals surface area contributed by atoms with Gasteiger partial charge in [0.05, 0.1) is 16.6 Å². The second-order valence-corrected chi connectivity index (χ2v) is 5.84. The number of para-hydroxylation sites is 2. The monoisotopic (exact) mass is 333 g/mol. The van der Waals surface area contributed by atoms with Crippen LogP contribution in [0.25, 0.3) is 22.0 Å². The summed E-state index contributed by atoms with van der Waals surface area (Å²) in [5.74, 6) is 0.483. The zero-order valence-electron chi connectivity index (χ0n) is 13.7. The molecule has 0 saturated carbocycles. The number of aromatic nitrogens is 2. The zero-order chi connectivity index (χ0) is 17.6. The minimum Gasteiger partial charge on any atom is -0.507 e. The lowest BCUT2D eigenvalue weighted by Crippen LogP contribution is -2.00. The van der Waals surface area contributed by atoms with E-state index in [-0.39, 0.29) is 5.75 Å². The molecule has 0 atom stereocenters. The van der Waals surface area contributed by atoms with Crippen molar-refractivity contribution in [3.05, 3.63) is 64.0 Å². The number of phenolic OH excluding ortho intramolecular Hbond substituents is 1. The number of phenols is 1. The van der Waals surface area contributed by atoms with Crippen LogP contribution in [0.4, 0.5) is 5.95 Å². The highest BCUT2D eigenvalue weighted by molar-refractivity contribution is 6.00. The Morgan fingerprint density at radius 3 is 2.84 bits per heavy atom. The summed E-state index contributed by atoms with van der Waals surface area (Å²) in [5, 5.41) is 11.0. The van der Waals surface area contributed by atoms with Crippen molar-refractivity contribution in [2.45, 2.75) is 6.92 Å². The van der Waals surface area contributed by atoms with Gasteiger partial charge < -0.3 is 14.1 Å². The Morgan fingerprint density at radius 1 is 1.24 bits per heavy atom. The molecule has 0 aliphatic rings. The first-order valence-electron chi connectivity index (χ1n) is 7.76. The fourth-order valence-electron chi connectivity index (χ4n) is 2.89. The molecule has 0 amide bonds. The van der Waals surface area contributed by atoms with Crippen molar-refractivity contribution in [1.82, 2.24) is 9.55 Å². The van der Waals surface area contributed by atoms with Crippen molar-refractivity contribution >= 4 is 34.2 Å². The van der Waals surface area contributed by atoms with Gasteiger partial charge in [-0.1, -0.05) is 12.1 Å².